The summed E-state index contributed by atoms with van der Waals surface area (Å²) in [6.07, 6.45) is 15.8. The van der Waals surface area contributed by atoms with Crippen LogP contribution in [0, 0.1) is 56.7 Å². The molecular formula is C22H28O. The van der Waals surface area contributed by atoms with Gasteiger partial charge in [-0.05, 0) is 102 Å². The van der Waals surface area contributed by atoms with Gasteiger partial charge in [-0.25, -0.2) is 0 Å². The second kappa shape index (κ2) is 2.51. The van der Waals surface area contributed by atoms with Gasteiger partial charge in [-0.2, -0.15) is 0 Å². The molecule has 0 saturated heterocycles. The van der Waals surface area contributed by atoms with Gasteiger partial charge in [0.25, 0.3) is 0 Å². The second-order valence-electron chi connectivity index (χ2n) is 11.8. The number of rotatable bonds is 1. The van der Waals surface area contributed by atoms with Crippen molar-refractivity contribution in [1.82, 2.24) is 0 Å². The van der Waals surface area contributed by atoms with E-state index in [9.17, 15) is 0 Å². The van der Waals surface area contributed by atoms with Crippen LogP contribution >= 0.6 is 0 Å². The van der Waals surface area contributed by atoms with E-state index in [0.29, 0.717) is 5.60 Å². The number of hydrogen-bond donors (Lipinski definition) is 0. The van der Waals surface area contributed by atoms with Crippen LogP contribution in [0.2, 0.25) is 0 Å². The molecule has 0 radical (unpaired) electrons. The van der Waals surface area contributed by atoms with Crippen molar-refractivity contribution in [2.75, 3.05) is 7.11 Å². The van der Waals surface area contributed by atoms with Crippen LogP contribution < -0.4 is 0 Å². The largest absolute Gasteiger partial charge is 0.378 e. The number of hydrogen-bond acceptors (Lipinski definition) is 1. The van der Waals surface area contributed by atoms with Gasteiger partial charge in [0.2, 0.25) is 0 Å². The van der Waals surface area contributed by atoms with E-state index in [2.05, 4.69) is 7.11 Å². The van der Waals surface area contributed by atoms with Crippen LogP contribution in [0.4, 0.5) is 0 Å². The van der Waals surface area contributed by atoms with E-state index in [1.807, 2.05) is 0 Å². The molecule has 122 valence electrons. The molecule has 9 aliphatic rings. The predicted molar refractivity (Wildman–Crippen MR) is 85.5 cm³/mol. The zero-order valence-corrected chi connectivity index (χ0v) is 14.4. The predicted octanol–water partition coefficient (Wildman–Crippen LogP) is 4.41. The molecule has 4 bridgehead atoms. The van der Waals surface area contributed by atoms with Crippen molar-refractivity contribution >= 4 is 0 Å². The third-order valence-electron chi connectivity index (χ3n) is 13.2. The van der Waals surface area contributed by atoms with Crippen LogP contribution in [0.25, 0.3) is 0 Å². The van der Waals surface area contributed by atoms with Gasteiger partial charge in [-0.3, -0.25) is 0 Å². The summed E-state index contributed by atoms with van der Waals surface area (Å²) in [5.74, 6) is 5.56. The van der Waals surface area contributed by atoms with Crippen molar-refractivity contribution in [2.45, 2.75) is 69.8 Å². The molecule has 9 rings (SSSR count). The monoisotopic (exact) mass is 308 g/mol. The zero-order chi connectivity index (χ0) is 14.7. The fraction of sp³-hybridized carbons (Fsp3) is 1.00. The summed E-state index contributed by atoms with van der Waals surface area (Å²) in [4.78, 5) is 0. The lowest BCUT2D eigenvalue weighted by Gasteiger charge is -2.97. The van der Waals surface area contributed by atoms with Gasteiger partial charge in [-0.1, -0.05) is 12.8 Å². The molecule has 0 amide bonds. The Hall–Kier alpha value is -0.0400. The minimum Gasteiger partial charge on any atom is -0.378 e. The third-order valence-corrected chi connectivity index (χ3v) is 13.2. The Morgan fingerprint density at radius 1 is 0.696 bits per heavy atom. The van der Waals surface area contributed by atoms with E-state index < -0.39 is 0 Å². The first-order valence-corrected chi connectivity index (χ1v) is 10.8. The molecule has 2 spiro atoms. The molecule has 1 nitrogen and oxygen atoms in total. The maximum absolute atomic E-state index is 6.69. The summed E-state index contributed by atoms with van der Waals surface area (Å²) < 4.78 is 6.69. The first-order chi connectivity index (χ1) is 11.2. The van der Waals surface area contributed by atoms with Gasteiger partial charge in [0.15, 0.2) is 0 Å². The van der Waals surface area contributed by atoms with Gasteiger partial charge in [0.05, 0.1) is 5.60 Å². The summed E-state index contributed by atoms with van der Waals surface area (Å²) in [7, 11) is 2.13. The van der Waals surface area contributed by atoms with Crippen molar-refractivity contribution in [3.63, 3.8) is 0 Å². The highest BCUT2D eigenvalue weighted by Gasteiger charge is 3.11. The van der Waals surface area contributed by atoms with Gasteiger partial charge >= 0.3 is 0 Å². The minimum atomic E-state index is 0.352. The van der Waals surface area contributed by atoms with Crippen LogP contribution in [-0.2, 0) is 4.74 Å². The van der Waals surface area contributed by atoms with Crippen LogP contribution in [-0.4, -0.2) is 12.7 Å². The Kier molecular flexibility index (Phi) is 1.26. The molecule has 0 aromatic carbocycles. The first-order valence-electron chi connectivity index (χ1n) is 10.8. The molecule has 0 N–H and O–H groups in total. The van der Waals surface area contributed by atoms with Crippen molar-refractivity contribution in [3.05, 3.63) is 0 Å². The number of methoxy groups -OCH3 is 1. The van der Waals surface area contributed by atoms with Crippen LogP contribution in [0.15, 0.2) is 0 Å². The molecule has 11 unspecified atom stereocenters. The highest BCUT2D eigenvalue weighted by Crippen LogP contribution is 3.14. The molecule has 9 saturated carbocycles. The summed E-state index contributed by atoms with van der Waals surface area (Å²) >= 11 is 0. The quantitative estimate of drug-likeness (QED) is 0.697. The maximum atomic E-state index is 6.69. The molecular weight excluding hydrogens is 280 g/mol. The SMILES string of the molecule is COC12CCCC34CC56CCCC5(C31)C1C6C35CCCC13C2C45. The molecule has 9 aliphatic carbocycles. The van der Waals surface area contributed by atoms with Gasteiger partial charge < -0.3 is 4.74 Å². The van der Waals surface area contributed by atoms with Gasteiger partial charge in [-0.15, -0.1) is 0 Å². The molecule has 0 aromatic rings. The zero-order valence-electron chi connectivity index (χ0n) is 14.4. The van der Waals surface area contributed by atoms with Crippen molar-refractivity contribution in [3.8, 4) is 0 Å². The van der Waals surface area contributed by atoms with E-state index in [1.165, 1.54) is 24.7 Å². The van der Waals surface area contributed by atoms with Crippen molar-refractivity contribution < 1.29 is 4.74 Å². The highest BCUT2D eigenvalue weighted by molar-refractivity contribution is 5.58. The summed E-state index contributed by atoms with van der Waals surface area (Å²) in [6, 6.07) is 0. The molecule has 9 fully saturated rings. The summed E-state index contributed by atoms with van der Waals surface area (Å²) in [5, 5.41) is 0. The Bertz CT molecular complexity index is 744. The highest BCUT2D eigenvalue weighted by atomic mass is 16.5. The smallest absolute Gasteiger partial charge is 0.0754 e. The Morgan fingerprint density at radius 2 is 1.43 bits per heavy atom. The summed E-state index contributed by atoms with van der Waals surface area (Å²) in [6.45, 7) is 0. The van der Waals surface area contributed by atoms with Crippen LogP contribution in [0.3, 0.4) is 0 Å². The van der Waals surface area contributed by atoms with E-state index in [4.69, 9.17) is 4.74 Å². The molecule has 0 aromatic heterocycles. The van der Waals surface area contributed by atoms with Gasteiger partial charge in [0.1, 0.15) is 0 Å². The molecule has 1 heteroatoms. The maximum Gasteiger partial charge on any atom is 0.0754 e. The third kappa shape index (κ3) is 0.560. The fourth-order valence-corrected chi connectivity index (χ4v) is 14.7. The van der Waals surface area contributed by atoms with Crippen molar-refractivity contribution in [1.29, 1.82) is 0 Å². The Labute approximate surface area is 138 Å². The second-order valence-corrected chi connectivity index (χ2v) is 11.8. The first kappa shape index (κ1) is 11.6. The topological polar surface area (TPSA) is 9.23 Å². The Morgan fingerprint density at radius 3 is 2.30 bits per heavy atom. The molecule has 11 atom stereocenters. The lowest BCUT2D eigenvalue weighted by molar-refractivity contribution is -0.516. The fourth-order valence-electron chi connectivity index (χ4n) is 14.7. The lowest BCUT2D eigenvalue weighted by Crippen LogP contribution is -2.95. The van der Waals surface area contributed by atoms with E-state index >= 15 is 0 Å². The normalized spacial score (nSPS) is 84.7. The van der Waals surface area contributed by atoms with Crippen molar-refractivity contribution in [2.24, 2.45) is 56.7 Å². The Balaban J connectivity index is 1.49. The average Bonchev–Trinajstić information content (AvgIpc) is 2.93. The number of ether oxygens (including phenoxy) is 1. The van der Waals surface area contributed by atoms with E-state index in [0.717, 1.165) is 44.8 Å². The van der Waals surface area contributed by atoms with E-state index in [1.54, 1.807) is 51.4 Å². The molecule has 0 aliphatic heterocycles. The van der Waals surface area contributed by atoms with Crippen LogP contribution in [0.5, 0.6) is 0 Å². The lowest BCUT2D eigenvalue weighted by atomic mass is 9.07. The molecule has 0 heterocycles. The van der Waals surface area contributed by atoms with Crippen LogP contribution in [0.1, 0.15) is 64.2 Å². The summed E-state index contributed by atoms with van der Waals surface area (Å²) in [5.41, 5.74) is 4.44. The standard InChI is InChI=1S/C22H28O/c1-23-22-10-2-5-17-11-18-6-3-9-21(18,16(17)22)14-13(18)19-7-4-8-20(14,19)15(22)12(17)19/h12-16H,2-11H2,1H3. The molecule has 23 heavy (non-hydrogen) atoms. The van der Waals surface area contributed by atoms with E-state index in [-0.39, 0.29) is 0 Å². The average molecular weight is 308 g/mol. The van der Waals surface area contributed by atoms with Gasteiger partial charge in [0, 0.05) is 13.0 Å². The minimum absolute atomic E-state index is 0.352.